The number of aliphatic hydroxyl groups is 1. The van der Waals surface area contributed by atoms with Crippen molar-refractivity contribution >= 4 is 0 Å². The van der Waals surface area contributed by atoms with Gasteiger partial charge < -0.3 is 5.11 Å². The van der Waals surface area contributed by atoms with Gasteiger partial charge in [-0.1, -0.05) is 61.5 Å². The molecule has 4 fully saturated rings. The second kappa shape index (κ2) is 11.2. The van der Waals surface area contributed by atoms with Gasteiger partial charge >= 0.3 is 0 Å². The average Bonchev–Trinajstić information content (AvgIpc) is 3.09. The Morgan fingerprint density at radius 1 is 0.750 bits per heavy atom. The summed E-state index contributed by atoms with van der Waals surface area (Å²) in [5.41, 5.74) is 1.07. The zero-order valence-electron chi connectivity index (χ0n) is 20.6. The Bertz CT molecular complexity index is 457. The highest BCUT2D eigenvalue weighted by atomic mass is 16.3. The van der Waals surface area contributed by atoms with Crippen molar-refractivity contribution in [2.24, 2.45) is 40.4 Å². The highest BCUT2D eigenvalue weighted by Gasteiger charge is 2.59. The molecule has 4 aliphatic rings. The Balaban J connectivity index is 0.000000599. The lowest BCUT2D eigenvalue weighted by Gasteiger charge is -2.60. The summed E-state index contributed by atoms with van der Waals surface area (Å²) in [4.78, 5) is 0. The molecule has 0 aliphatic heterocycles. The maximum Gasteiger partial charge on any atom is 0.0543 e. The third kappa shape index (κ3) is 4.40. The molecule has 4 saturated carbocycles. The molecular formula is C27H52O. The van der Waals surface area contributed by atoms with Crippen molar-refractivity contribution < 1.29 is 5.11 Å². The van der Waals surface area contributed by atoms with Crippen molar-refractivity contribution in [3.05, 3.63) is 12.7 Å². The molecule has 0 aromatic rings. The minimum atomic E-state index is -0.0138. The number of aliphatic hydroxyl groups excluding tert-OH is 1. The van der Waals surface area contributed by atoms with E-state index < -0.39 is 0 Å². The molecule has 8 unspecified atom stereocenters. The van der Waals surface area contributed by atoms with Gasteiger partial charge in [-0.3, -0.25) is 0 Å². The van der Waals surface area contributed by atoms with Crippen LogP contribution in [0.15, 0.2) is 12.7 Å². The Hall–Kier alpha value is -0.300. The summed E-state index contributed by atoms with van der Waals surface area (Å²) in [7, 11) is 0. The minimum Gasteiger partial charge on any atom is -0.393 e. The molecule has 4 aliphatic carbocycles. The van der Waals surface area contributed by atoms with E-state index in [1.165, 1.54) is 44.9 Å². The lowest BCUT2D eigenvalue weighted by atomic mass is 9.44. The molecule has 0 bridgehead atoms. The maximum absolute atomic E-state index is 10.1. The van der Waals surface area contributed by atoms with E-state index in [1.807, 2.05) is 41.5 Å². The highest BCUT2D eigenvalue weighted by Crippen LogP contribution is 2.67. The van der Waals surface area contributed by atoms with E-state index in [-0.39, 0.29) is 6.10 Å². The molecule has 166 valence electrons. The molecule has 0 aromatic heterocycles. The van der Waals surface area contributed by atoms with Crippen LogP contribution in [0, 0.1) is 40.4 Å². The summed E-state index contributed by atoms with van der Waals surface area (Å²) in [5, 5.41) is 10.1. The highest BCUT2D eigenvalue weighted by molar-refractivity contribution is 5.11. The van der Waals surface area contributed by atoms with Gasteiger partial charge in [-0.25, -0.2) is 0 Å². The average molecular weight is 393 g/mol. The first-order valence-corrected chi connectivity index (χ1v) is 12.8. The Kier molecular flexibility index (Phi) is 10.3. The van der Waals surface area contributed by atoms with Gasteiger partial charge in [-0.2, -0.15) is 0 Å². The molecule has 1 N–H and O–H groups in total. The number of hydrogen-bond donors (Lipinski definition) is 1. The van der Waals surface area contributed by atoms with E-state index in [4.69, 9.17) is 0 Å². The minimum absolute atomic E-state index is 0.0138. The van der Waals surface area contributed by atoms with E-state index in [0.717, 1.165) is 42.4 Å². The van der Waals surface area contributed by atoms with Gasteiger partial charge in [0.25, 0.3) is 0 Å². The van der Waals surface area contributed by atoms with E-state index in [2.05, 4.69) is 26.5 Å². The summed E-state index contributed by atoms with van der Waals surface area (Å²) in [6, 6.07) is 0. The Morgan fingerprint density at radius 3 is 1.93 bits per heavy atom. The first kappa shape index (κ1) is 25.7. The van der Waals surface area contributed by atoms with Gasteiger partial charge in [0.05, 0.1) is 6.10 Å². The summed E-state index contributed by atoms with van der Waals surface area (Å²) < 4.78 is 0. The molecule has 0 radical (unpaired) electrons. The number of fused-ring (bicyclic) bond motifs is 5. The van der Waals surface area contributed by atoms with Crippen LogP contribution in [0.2, 0.25) is 0 Å². The fourth-order valence-corrected chi connectivity index (χ4v) is 7.66. The van der Waals surface area contributed by atoms with Crippen LogP contribution >= 0.6 is 0 Å². The van der Waals surface area contributed by atoms with E-state index >= 15 is 0 Å². The van der Waals surface area contributed by atoms with Gasteiger partial charge in [0.2, 0.25) is 0 Å². The predicted molar refractivity (Wildman–Crippen MR) is 125 cm³/mol. The zero-order chi connectivity index (χ0) is 21.5. The molecule has 0 spiro atoms. The van der Waals surface area contributed by atoms with Crippen LogP contribution in [-0.2, 0) is 0 Å². The normalized spacial score (nSPS) is 45.9. The van der Waals surface area contributed by atoms with Crippen LogP contribution in [0.1, 0.15) is 113 Å². The smallest absolute Gasteiger partial charge is 0.0543 e. The van der Waals surface area contributed by atoms with E-state index in [9.17, 15) is 5.11 Å². The van der Waals surface area contributed by atoms with Gasteiger partial charge in [-0.05, 0) is 98.2 Å². The van der Waals surface area contributed by atoms with Gasteiger partial charge in [0.15, 0.2) is 0 Å². The van der Waals surface area contributed by atoms with Crippen LogP contribution in [0.3, 0.4) is 0 Å². The lowest BCUT2D eigenvalue weighted by Crippen LogP contribution is -2.53. The summed E-state index contributed by atoms with van der Waals surface area (Å²) in [5.74, 6) is 4.38. The molecule has 0 heterocycles. The monoisotopic (exact) mass is 392 g/mol. The second-order valence-corrected chi connectivity index (χ2v) is 9.55. The quantitative estimate of drug-likeness (QED) is 0.445. The first-order valence-electron chi connectivity index (χ1n) is 12.8. The van der Waals surface area contributed by atoms with Crippen LogP contribution in [0.4, 0.5) is 0 Å². The van der Waals surface area contributed by atoms with Crippen molar-refractivity contribution in [1.29, 1.82) is 0 Å². The van der Waals surface area contributed by atoms with Crippen LogP contribution < -0.4 is 0 Å². The molecular weight excluding hydrogens is 340 g/mol. The predicted octanol–water partition coefficient (Wildman–Crippen LogP) is 8.27. The maximum atomic E-state index is 10.1. The Morgan fingerprint density at radius 2 is 1.32 bits per heavy atom. The Labute approximate surface area is 177 Å². The summed E-state index contributed by atoms with van der Waals surface area (Å²) >= 11 is 0. The van der Waals surface area contributed by atoms with Crippen LogP contribution in [-0.4, -0.2) is 11.2 Å². The van der Waals surface area contributed by atoms with Crippen molar-refractivity contribution in [2.45, 2.75) is 119 Å². The lowest BCUT2D eigenvalue weighted by molar-refractivity contribution is -0.124. The molecule has 1 heteroatoms. The van der Waals surface area contributed by atoms with Gasteiger partial charge in [0.1, 0.15) is 0 Å². The zero-order valence-corrected chi connectivity index (χ0v) is 20.6. The van der Waals surface area contributed by atoms with Crippen LogP contribution in [0.5, 0.6) is 0 Å². The number of hydrogen-bond acceptors (Lipinski definition) is 1. The topological polar surface area (TPSA) is 20.2 Å². The fraction of sp³-hybridized carbons (Fsp3) is 0.926. The molecule has 0 saturated heterocycles. The molecule has 4 rings (SSSR count). The summed E-state index contributed by atoms with van der Waals surface area (Å²) in [6.07, 6.45) is 14.1. The van der Waals surface area contributed by atoms with Crippen LogP contribution in [0.25, 0.3) is 0 Å². The molecule has 0 amide bonds. The van der Waals surface area contributed by atoms with Crippen molar-refractivity contribution in [3.8, 4) is 0 Å². The van der Waals surface area contributed by atoms with Gasteiger partial charge in [0, 0.05) is 0 Å². The van der Waals surface area contributed by atoms with Crippen molar-refractivity contribution in [3.63, 3.8) is 0 Å². The SMILES string of the molecule is C=CC1CCC2C3CCC4CC(O)CCC4(C)C3CCC12C.CC.CC.CC. The van der Waals surface area contributed by atoms with Gasteiger partial charge in [-0.15, -0.1) is 6.58 Å². The van der Waals surface area contributed by atoms with E-state index in [1.54, 1.807) is 0 Å². The molecule has 1 nitrogen and oxygen atoms in total. The third-order valence-corrected chi connectivity index (χ3v) is 9.00. The second-order valence-electron chi connectivity index (χ2n) is 9.55. The van der Waals surface area contributed by atoms with Crippen molar-refractivity contribution in [1.82, 2.24) is 0 Å². The molecule has 8 atom stereocenters. The summed E-state index contributed by atoms with van der Waals surface area (Å²) in [6.45, 7) is 21.3. The largest absolute Gasteiger partial charge is 0.393 e. The fourth-order valence-electron chi connectivity index (χ4n) is 7.66. The number of allylic oxidation sites excluding steroid dienone is 1. The molecule has 0 aromatic carbocycles. The van der Waals surface area contributed by atoms with E-state index in [0.29, 0.717) is 10.8 Å². The van der Waals surface area contributed by atoms with Crippen molar-refractivity contribution in [2.75, 3.05) is 0 Å². The molecule has 28 heavy (non-hydrogen) atoms. The standard InChI is InChI=1S/C21H34O.3C2H6/c1-4-14-6-8-18-17-7-5-15-13-16(22)9-11-21(15,3)19(17)10-12-20(14,18)2;3*1-2/h4,14-19,22H,1,5-13H2,2-3H3;3*1-2H3. The third-order valence-electron chi connectivity index (χ3n) is 9.00. The first-order chi connectivity index (χ1) is 13.5. The number of rotatable bonds is 1.